The number of hydrogen-bond acceptors (Lipinski definition) is 2. The average molecular weight is 366 g/mol. The van der Waals surface area contributed by atoms with Crippen LogP contribution in [0.2, 0.25) is 0 Å². The van der Waals surface area contributed by atoms with Crippen LogP contribution in [0.4, 0.5) is 13.2 Å². The van der Waals surface area contributed by atoms with Crippen LogP contribution in [0.25, 0.3) is 10.9 Å². The van der Waals surface area contributed by atoms with Crippen molar-refractivity contribution in [2.45, 2.75) is 45.3 Å². The Balaban J connectivity index is 2.00. The van der Waals surface area contributed by atoms with Gasteiger partial charge in [-0.25, -0.2) is 0 Å². The van der Waals surface area contributed by atoms with Gasteiger partial charge in [0.25, 0.3) is 5.78 Å². The molecule has 2 aromatic rings. The minimum atomic E-state index is -4.95. The number of benzene rings is 1. The molecule has 0 unspecified atom stereocenters. The third-order valence-corrected chi connectivity index (χ3v) is 4.97. The van der Waals surface area contributed by atoms with Crippen LogP contribution < -0.4 is 0 Å². The standard InChI is InChI=1S/C19H21F3N2O2/c1-13-17(18(26)19(20,21)22)14-8-4-5-9-15(14)24(13)12-16(25)23-10-6-2-3-7-11-23/h4-5,8-9H,2-3,6-7,10-12H2,1H3. The monoisotopic (exact) mass is 366 g/mol. The van der Waals surface area contributed by atoms with E-state index in [-0.39, 0.29) is 29.1 Å². The van der Waals surface area contributed by atoms with E-state index in [2.05, 4.69) is 0 Å². The van der Waals surface area contributed by atoms with E-state index in [0.29, 0.717) is 18.6 Å². The minimum Gasteiger partial charge on any atom is -0.341 e. The molecular formula is C19H21F3N2O2. The van der Waals surface area contributed by atoms with Gasteiger partial charge >= 0.3 is 6.18 Å². The van der Waals surface area contributed by atoms with Gasteiger partial charge < -0.3 is 9.47 Å². The number of amides is 1. The first-order chi connectivity index (χ1) is 12.3. The average Bonchev–Trinajstić information content (AvgIpc) is 2.77. The van der Waals surface area contributed by atoms with E-state index in [9.17, 15) is 22.8 Å². The van der Waals surface area contributed by atoms with Gasteiger partial charge in [-0.2, -0.15) is 13.2 Å². The molecule has 1 fully saturated rings. The molecule has 0 saturated carbocycles. The molecule has 1 aromatic heterocycles. The Kier molecular flexibility index (Phi) is 5.07. The zero-order valence-electron chi connectivity index (χ0n) is 14.6. The number of likely N-dealkylation sites (tertiary alicyclic amines) is 1. The highest BCUT2D eigenvalue weighted by Gasteiger charge is 2.42. The Morgan fingerprint density at radius 1 is 1.04 bits per heavy atom. The molecule has 1 aliphatic rings. The van der Waals surface area contributed by atoms with Gasteiger partial charge in [0.05, 0.1) is 5.56 Å². The van der Waals surface area contributed by atoms with E-state index < -0.39 is 12.0 Å². The maximum atomic E-state index is 13.0. The normalized spacial score (nSPS) is 15.9. The van der Waals surface area contributed by atoms with Crippen LogP contribution in [0.3, 0.4) is 0 Å². The third-order valence-electron chi connectivity index (χ3n) is 4.97. The highest BCUT2D eigenvalue weighted by molar-refractivity contribution is 6.12. The van der Waals surface area contributed by atoms with Crippen LogP contribution in [0.15, 0.2) is 24.3 Å². The Hall–Kier alpha value is -2.31. The van der Waals surface area contributed by atoms with Gasteiger partial charge in [0.2, 0.25) is 5.91 Å². The number of rotatable bonds is 3. The molecule has 1 aliphatic heterocycles. The van der Waals surface area contributed by atoms with Crippen LogP contribution in [0.5, 0.6) is 0 Å². The van der Waals surface area contributed by atoms with Crippen molar-refractivity contribution in [3.8, 4) is 0 Å². The highest BCUT2D eigenvalue weighted by atomic mass is 19.4. The highest BCUT2D eigenvalue weighted by Crippen LogP contribution is 2.31. The molecule has 3 rings (SSSR count). The summed E-state index contributed by atoms with van der Waals surface area (Å²) in [5.41, 5.74) is 0.286. The largest absolute Gasteiger partial charge is 0.454 e. The van der Waals surface area contributed by atoms with Gasteiger partial charge in [0.1, 0.15) is 6.54 Å². The molecular weight excluding hydrogens is 345 g/mol. The Bertz CT molecular complexity index is 831. The van der Waals surface area contributed by atoms with Crippen molar-refractivity contribution in [2.24, 2.45) is 0 Å². The number of halogens is 3. The molecule has 4 nitrogen and oxygen atoms in total. The Morgan fingerprint density at radius 2 is 1.65 bits per heavy atom. The number of carbonyl (C=O) groups is 2. The summed E-state index contributed by atoms with van der Waals surface area (Å²) in [5.74, 6) is -1.99. The lowest BCUT2D eigenvalue weighted by molar-refractivity contribution is -0.131. The summed E-state index contributed by atoms with van der Waals surface area (Å²) >= 11 is 0. The van der Waals surface area contributed by atoms with Gasteiger partial charge in [-0.1, -0.05) is 31.0 Å². The number of fused-ring (bicyclic) bond motifs is 1. The molecule has 140 valence electrons. The number of carbonyl (C=O) groups excluding carboxylic acids is 2. The summed E-state index contributed by atoms with van der Waals surface area (Å²) in [5, 5.41) is 0.232. The molecule has 0 aliphatic carbocycles. The second kappa shape index (κ2) is 7.13. The van der Waals surface area contributed by atoms with Crippen molar-refractivity contribution >= 4 is 22.6 Å². The van der Waals surface area contributed by atoms with Crippen molar-refractivity contribution in [2.75, 3.05) is 13.1 Å². The van der Waals surface area contributed by atoms with E-state index >= 15 is 0 Å². The van der Waals surface area contributed by atoms with Crippen LogP contribution >= 0.6 is 0 Å². The summed E-state index contributed by atoms with van der Waals surface area (Å²) in [6, 6.07) is 6.42. The molecule has 1 amide bonds. The molecule has 0 bridgehead atoms. The predicted molar refractivity (Wildman–Crippen MR) is 92.1 cm³/mol. The smallest absolute Gasteiger partial charge is 0.341 e. The molecule has 0 spiro atoms. The molecule has 0 N–H and O–H groups in total. The topological polar surface area (TPSA) is 42.3 Å². The third kappa shape index (κ3) is 3.48. The Labute approximate surface area is 149 Å². The Morgan fingerprint density at radius 3 is 2.27 bits per heavy atom. The minimum absolute atomic E-state index is 0.0581. The first-order valence-electron chi connectivity index (χ1n) is 8.78. The lowest BCUT2D eigenvalue weighted by Gasteiger charge is -2.21. The fraction of sp³-hybridized carbons (Fsp3) is 0.474. The van der Waals surface area contributed by atoms with E-state index in [1.165, 1.54) is 17.6 Å². The van der Waals surface area contributed by atoms with Crippen LogP contribution in [-0.2, 0) is 11.3 Å². The van der Waals surface area contributed by atoms with Gasteiger partial charge in [-0.05, 0) is 25.8 Å². The molecule has 0 atom stereocenters. The summed E-state index contributed by atoms with van der Waals surface area (Å²) in [6.45, 7) is 2.75. The molecule has 1 saturated heterocycles. The van der Waals surface area contributed by atoms with Crippen LogP contribution in [0, 0.1) is 6.92 Å². The van der Waals surface area contributed by atoms with Crippen LogP contribution in [0.1, 0.15) is 41.7 Å². The quantitative estimate of drug-likeness (QED) is 0.768. The molecule has 26 heavy (non-hydrogen) atoms. The number of para-hydroxylation sites is 1. The zero-order chi connectivity index (χ0) is 18.9. The van der Waals surface area contributed by atoms with E-state index in [4.69, 9.17) is 0 Å². The summed E-state index contributed by atoms with van der Waals surface area (Å²) < 4.78 is 40.6. The summed E-state index contributed by atoms with van der Waals surface area (Å²) in [4.78, 5) is 26.4. The first-order valence-corrected chi connectivity index (χ1v) is 8.78. The number of nitrogens with zero attached hydrogens (tertiary/aromatic N) is 2. The number of alkyl halides is 3. The fourth-order valence-electron chi connectivity index (χ4n) is 3.62. The van der Waals surface area contributed by atoms with Crippen molar-refractivity contribution in [1.82, 2.24) is 9.47 Å². The molecule has 2 heterocycles. The lowest BCUT2D eigenvalue weighted by atomic mass is 10.1. The summed E-state index contributed by atoms with van der Waals surface area (Å²) in [6.07, 6.45) is -0.905. The van der Waals surface area contributed by atoms with Gasteiger partial charge in [-0.3, -0.25) is 9.59 Å². The second-order valence-electron chi connectivity index (χ2n) is 6.69. The van der Waals surface area contributed by atoms with E-state index in [0.717, 1.165) is 25.7 Å². The van der Waals surface area contributed by atoms with E-state index in [1.807, 2.05) is 0 Å². The van der Waals surface area contributed by atoms with Crippen molar-refractivity contribution < 1.29 is 22.8 Å². The predicted octanol–water partition coefficient (Wildman–Crippen LogP) is 4.10. The second-order valence-corrected chi connectivity index (χ2v) is 6.69. The zero-order valence-corrected chi connectivity index (χ0v) is 14.6. The van der Waals surface area contributed by atoms with Crippen molar-refractivity contribution in [1.29, 1.82) is 0 Å². The van der Waals surface area contributed by atoms with Gasteiger partial charge in [0, 0.05) is 29.7 Å². The maximum Gasteiger partial charge on any atom is 0.454 e. The number of aromatic nitrogens is 1. The van der Waals surface area contributed by atoms with Crippen LogP contribution in [-0.4, -0.2) is 40.4 Å². The number of ketones is 1. The molecule has 7 heteroatoms. The first kappa shape index (κ1) is 18.5. The van der Waals surface area contributed by atoms with Crippen molar-refractivity contribution in [3.63, 3.8) is 0 Å². The SMILES string of the molecule is Cc1c(C(=O)C(F)(F)F)c2ccccc2n1CC(=O)N1CCCCCC1. The summed E-state index contributed by atoms with van der Waals surface area (Å²) in [7, 11) is 0. The number of Topliss-reactive ketones (excluding diaryl/α,β-unsaturated/α-hetero) is 1. The van der Waals surface area contributed by atoms with Crippen molar-refractivity contribution in [3.05, 3.63) is 35.5 Å². The molecule has 0 radical (unpaired) electrons. The number of hydrogen-bond donors (Lipinski definition) is 0. The van der Waals surface area contributed by atoms with Gasteiger partial charge in [0.15, 0.2) is 0 Å². The van der Waals surface area contributed by atoms with E-state index in [1.54, 1.807) is 23.1 Å². The lowest BCUT2D eigenvalue weighted by Crippen LogP contribution is -2.34. The molecule has 1 aromatic carbocycles. The fourth-order valence-corrected chi connectivity index (χ4v) is 3.62. The maximum absolute atomic E-state index is 13.0. The van der Waals surface area contributed by atoms with Gasteiger partial charge in [-0.15, -0.1) is 0 Å².